The summed E-state index contributed by atoms with van der Waals surface area (Å²) in [6, 6.07) is 11.5. The lowest BCUT2D eigenvalue weighted by atomic mass is 10.1. The topological polar surface area (TPSA) is 82.6 Å². The van der Waals surface area contributed by atoms with Crippen LogP contribution < -0.4 is 4.74 Å². The molecule has 22 heavy (non-hydrogen) atoms. The molecule has 5 heteroatoms. The second-order valence-electron chi connectivity index (χ2n) is 5.25. The van der Waals surface area contributed by atoms with Gasteiger partial charge in [-0.2, -0.15) is 0 Å². The molecule has 0 amide bonds. The molecular weight excluding hydrogens is 282 g/mol. The van der Waals surface area contributed by atoms with Gasteiger partial charge in [-0.1, -0.05) is 37.3 Å². The summed E-state index contributed by atoms with van der Waals surface area (Å²) in [5.41, 5.74) is 1.94. The Balaban J connectivity index is 1.89. The summed E-state index contributed by atoms with van der Waals surface area (Å²) >= 11 is 0. The third-order valence-corrected chi connectivity index (χ3v) is 3.41. The number of rotatable bonds is 7. The number of nitrogens with one attached hydrogen (secondary N) is 1. The molecular formula is C17H21NO4. The Bertz CT molecular complexity index is 594. The molecule has 3 N–H and O–H groups in total. The third-order valence-electron chi connectivity index (χ3n) is 3.41. The molecule has 0 aliphatic carbocycles. The molecule has 2 aromatic rings. The molecule has 0 spiro atoms. The van der Waals surface area contributed by atoms with Gasteiger partial charge in [0.15, 0.2) is 0 Å². The number of aromatic amines is 1. The van der Waals surface area contributed by atoms with E-state index < -0.39 is 18.2 Å². The van der Waals surface area contributed by atoms with Crippen LogP contribution in [0.3, 0.4) is 0 Å². The number of aliphatic hydroxyl groups excluding tert-OH is 2. The summed E-state index contributed by atoms with van der Waals surface area (Å²) in [5, 5.41) is 19.2. The highest BCUT2D eigenvalue weighted by molar-refractivity contribution is 5.73. The van der Waals surface area contributed by atoms with Crippen molar-refractivity contribution < 1.29 is 19.7 Å². The van der Waals surface area contributed by atoms with Crippen LogP contribution in [0.2, 0.25) is 0 Å². The first kappa shape index (κ1) is 16.3. The van der Waals surface area contributed by atoms with Gasteiger partial charge in [0.25, 0.3) is 0 Å². The van der Waals surface area contributed by atoms with Crippen molar-refractivity contribution >= 4 is 5.97 Å². The van der Waals surface area contributed by atoms with E-state index in [0.29, 0.717) is 12.3 Å². The molecule has 5 nitrogen and oxygen atoms in total. The normalized spacial score (nSPS) is 13.6. The molecule has 1 aromatic heterocycles. The molecule has 2 rings (SSSR count). The number of benzene rings is 1. The zero-order valence-corrected chi connectivity index (χ0v) is 12.5. The Morgan fingerprint density at radius 2 is 1.91 bits per heavy atom. The molecule has 1 aromatic carbocycles. The van der Waals surface area contributed by atoms with Gasteiger partial charge in [-0.25, -0.2) is 0 Å². The highest BCUT2D eigenvalue weighted by atomic mass is 16.5. The SMILES string of the molecule is CCC(O)CC(O)CC(=O)Oc1cc(-c2ccccc2)c[nH]1. The van der Waals surface area contributed by atoms with Crippen LogP contribution in [0.25, 0.3) is 11.1 Å². The minimum absolute atomic E-state index is 0.142. The molecule has 2 atom stereocenters. The monoisotopic (exact) mass is 303 g/mol. The molecule has 2 unspecified atom stereocenters. The van der Waals surface area contributed by atoms with Gasteiger partial charge < -0.3 is 19.9 Å². The van der Waals surface area contributed by atoms with Gasteiger partial charge in [0.05, 0.1) is 18.6 Å². The first-order valence-electron chi connectivity index (χ1n) is 7.39. The van der Waals surface area contributed by atoms with E-state index in [1.54, 1.807) is 12.3 Å². The number of H-pyrrole nitrogens is 1. The summed E-state index contributed by atoms with van der Waals surface area (Å²) in [4.78, 5) is 14.6. The molecule has 118 valence electrons. The second-order valence-corrected chi connectivity index (χ2v) is 5.25. The van der Waals surface area contributed by atoms with Crippen molar-refractivity contribution in [2.45, 2.75) is 38.4 Å². The van der Waals surface area contributed by atoms with E-state index in [9.17, 15) is 15.0 Å². The highest BCUT2D eigenvalue weighted by Gasteiger charge is 2.16. The number of aliphatic hydroxyl groups is 2. The van der Waals surface area contributed by atoms with E-state index in [-0.39, 0.29) is 12.8 Å². The third kappa shape index (κ3) is 4.72. The fourth-order valence-electron chi connectivity index (χ4n) is 2.15. The summed E-state index contributed by atoms with van der Waals surface area (Å²) in [6.07, 6.45) is 0.838. The Morgan fingerprint density at radius 1 is 1.18 bits per heavy atom. The fraction of sp³-hybridized carbons (Fsp3) is 0.353. The summed E-state index contributed by atoms with van der Waals surface area (Å²) in [7, 11) is 0. The summed E-state index contributed by atoms with van der Waals surface area (Å²) in [5.74, 6) is -0.190. The molecule has 0 radical (unpaired) electrons. The van der Waals surface area contributed by atoms with Crippen LogP contribution >= 0.6 is 0 Å². The molecule has 0 aliphatic heterocycles. The van der Waals surface area contributed by atoms with Crippen LogP contribution in [0.4, 0.5) is 0 Å². The zero-order chi connectivity index (χ0) is 15.9. The summed E-state index contributed by atoms with van der Waals surface area (Å²) < 4.78 is 5.17. The van der Waals surface area contributed by atoms with Gasteiger partial charge in [0.1, 0.15) is 0 Å². The van der Waals surface area contributed by atoms with Crippen LogP contribution in [0.1, 0.15) is 26.2 Å². The molecule has 0 saturated carbocycles. The van der Waals surface area contributed by atoms with Crippen LogP contribution in [0.15, 0.2) is 42.6 Å². The van der Waals surface area contributed by atoms with Crippen molar-refractivity contribution in [2.24, 2.45) is 0 Å². The summed E-state index contributed by atoms with van der Waals surface area (Å²) in [6.45, 7) is 1.82. The van der Waals surface area contributed by atoms with E-state index in [1.807, 2.05) is 37.3 Å². The van der Waals surface area contributed by atoms with Crippen LogP contribution in [-0.4, -0.2) is 33.4 Å². The molecule has 0 bridgehead atoms. The maximum absolute atomic E-state index is 11.8. The maximum Gasteiger partial charge on any atom is 0.315 e. The first-order chi connectivity index (χ1) is 10.6. The van der Waals surface area contributed by atoms with Crippen LogP contribution in [0.5, 0.6) is 5.88 Å². The number of carbonyl (C=O) groups excluding carboxylic acids is 1. The number of esters is 1. The predicted molar refractivity (Wildman–Crippen MR) is 83.4 cm³/mol. The van der Waals surface area contributed by atoms with Crippen molar-refractivity contribution in [3.05, 3.63) is 42.6 Å². The Hall–Kier alpha value is -2.11. The van der Waals surface area contributed by atoms with Crippen molar-refractivity contribution in [1.82, 2.24) is 4.98 Å². The van der Waals surface area contributed by atoms with Gasteiger partial charge in [-0.3, -0.25) is 4.79 Å². The standard InChI is InChI=1S/C17H21NO4/c1-2-14(19)9-15(20)10-17(21)22-16-8-13(11-18-16)12-6-4-3-5-7-12/h3-8,11,14-15,18-20H,2,9-10H2,1H3. The number of carbonyl (C=O) groups is 1. The second kappa shape index (κ2) is 7.77. The Morgan fingerprint density at radius 3 is 2.59 bits per heavy atom. The van der Waals surface area contributed by atoms with E-state index >= 15 is 0 Å². The largest absolute Gasteiger partial charge is 0.409 e. The zero-order valence-electron chi connectivity index (χ0n) is 12.5. The van der Waals surface area contributed by atoms with Crippen LogP contribution in [0, 0.1) is 0 Å². The fourth-order valence-corrected chi connectivity index (χ4v) is 2.15. The number of ether oxygens (including phenoxy) is 1. The predicted octanol–water partition coefficient (Wildman–Crippen LogP) is 2.50. The van der Waals surface area contributed by atoms with Crippen molar-refractivity contribution in [3.63, 3.8) is 0 Å². The average Bonchev–Trinajstić information content (AvgIpc) is 2.96. The number of hydrogen-bond acceptors (Lipinski definition) is 4. The van der Waals surface area contributed by atoms with Gasteiger partial charge in [-0.15, -0.1) is 0 Å². The quantitative estimate of drug-likeness (QED) is 0.686. The van der Waals surface area contributed by atoms with E-state index in [0.717, 1.165) is 11.1 Å². The first-order valence-corrected chi connectivity index (χ1v) is 7.39. The van der Waals surface area contributed by atoms with Gasteiger partial charge in [0.2, 0.25) is 5.88 Å². The lowest BCUT2D eigenvalue weighted by Gasteiger charge is -2.13. The minimum Gasteiger partial charge on any atom is -0.409 e. The molecule has 1 heterocycles. The van der Waals surface area contributed by atoms with E-state index in [2.05, 4.69) is 4.98 Å². The number of aromatic nitrogens is 1. The van der Waals surface area contributed by atoms with Crippen LogP contribution in [-0.2, 0) is 4.79 Å². The molecule has 0 saturated heterocycles. The van der Waals surface area contributed by atoms with Crippen molar-refractivity contribution in [1.29, 1.82) is 0 Å². The van der Waals surface area contributed by atoms with E-state index in [1.165, 1.54) is 0 Å². The Labute approximate surface area is 129 Å². The number of hydrogen-bond donors (Lipinski definition) is 3. The molecule has 0 aliphatic rings. The van der Waals surface area contributed by atoms with Gasteiger partial charge in [0, 0.05) is 17.8 Å². The van der Waals surface area contributed by atoms with Crippen molar-refractivity contribution in [2.75, 3.05) is 0 Å². The lowest BCUT2D eigenvalue weighted by Crippen LogP contribution is -2.22. The molecule has 0 fully saturated rings. The highest BCUT2D eigenvalue weighted by Crippen LogP contribution is 2.23. The Kier molecular flexibility index (Phi) is 5.75. The minimum atomic E-state index is -0.897. The van der Waals surface area contributed by atoms with Gasteiger partial charge in [-0.05, 0) is 18.4 Å². The maximum atomic E-state index is 11.8. The van der Waals surface area contributed by atoms with E-state index in [4.69, 9.17) is 4.74 Å². The van der Waals surface area contributed by atoms with Crippen molar-refractivity contribution in [3.8, 4) is 17.0 Å². The average molecular weight is 303 g/mol. The lowest BCUT2D eigenvalue weighted by molar-refractivity contribution is -0.137. The smallest absolute Gasteiger partial charge is 0.315 e. The van der Waals surface area contributed by atoms with Gasteiger partial charge >= 0.3 is 5.97 Å².